The number of hydrogen-bond acceptors (Lipinski definition) is 3. The van der Waals surface area contributed by atoms with E-state index in [4.69, 9.17) is 0 Å². The van der Waals surface area contributed by atoms with Gasteiger partial charge in [-0.25, -0.2) is 4.79 Å². The maximum absolute atomic E-state index is 11.4. The van der Waals surface area contributed by atoms with Crippen LogP contribution in [0, 0.1) is 6.92 Å². The summed E-state index contributed by atoms with van der Waals surface area (Å²) in [6.45, 7) is 6.10. The van der Waals surface area contributed by atoms with Gasteiger partial charge in [0.25, 0.3) is 0 Å². The van der Waals surface area contributed by atoms with Gasteiger partial charge in [0.15, 0.2) is 5.69 Å². The Morgan fingerprint density at radius 1 is 1.45 bits per heavy atom. The first-order chi connectivity index (χ1) is 9.49. The van der Waals surface area contributed by atoms with Crippen molar-refractivity contribution < 1.29 is 9.90 Å². The van der Waals surface area contributed by atoms with Gasteiger partial charge >= 0.3 is 5.97 Å². The molecule has 0 bridgehead atoms. The Labute approximate surface area is 121 Å². The second kappa shape index (κ2) is 4.66. The van der Waals surface area contributed by atoms with Crippen LogP contribution in [0.1, 0.15) is 41.5 Å². The number of carbonyl (C=O) groups is 1. The number of aromatic carboxylic acids is 1. The maximum Gasteiger partial charge on any atom is 0.356 e. The van der Waals surface area contributed by atoms with Crippen molar-refractivity contribution in [3.8, 4) is 11.3 Å². The molecule has 0 radical (unpaired) electrons. The minimum Gasteiger partial charge on any atom is -0.476 e. The minimum atomic E-state index is -0.947. The molecule has 5 heteroatoms. The molecule has 2 heterocycles. The highest BCUT2D eigenvalue weighted by Crippen LogP contribution is 2.43. The van der Waals surface area contributed by atoms with Crippen LogP contribution in [0.25, 0.3) is 11.3 Å². The van der Waals surface area contributed by atoms with Crippen molar-refractivity contribution in [1.82, 2.24) is 9.78 Å². The quantitative estimate of drug-likeness (QED) is 0.914. The molecule has 2 aromatic rings. The molecular formula is C15H16N2O2S. The zero-order valence-corrected chi connectivity index (χ0v) is 12.5. The standard InChI is InChI=1S/C15H16N2O2S/c1-8(2)17-14-10-6-9(3)4-5-12(10)20-7-11(14)13(16-17)15(18)19/h4-6,8H,7H2,1-3H3,(H,18,19). The van der Waals surface area contributed by atoms with Gasteiger partial charge in [-0.2, -0.15) is 5.10 Å². The zero-order valence-electron chi connectivity index (χ0n) is 11.7. The lowest BCUT2D eigenvalue weighted by Gasteiger charge is -2.20. The fourth-order valence-corrected chi connectivity index (χ4v) is 3.59. The number of aryl methyl sites for hydroxylation is 1. The van der Waals surface area contributed by atoms with Crippen molar-refractivity contribution in [2.75, 3.05) is 0 Å². The van der Waals surface area contributed by atoms with Gasteiger partial charge in [-0.05, 0) is 32.9 Å². The summed E-state index contributed by atoms with van der Waals surface area (Å²) in [5.41, 5.74) is 4.27. The number of fused-ring (bicyclic) bond motifs is 3. The van der Waals surface area contributed by atoms with Crippen molar-refractivity contribution in [2.24, 2.45) is 0 Å². The summed E-state index contributed by atoms with van der Waals surface area (Å²) < 4.78 is 1.84. The third kappa shape index (κ3) is 1.93. The molecule has 1 aliphatic rings. The first-order valence-corrected chi connectivity index (χ1v) is 7.56. The van der Waals surface area contributed by atoms with Gasteiger partial charge in [-0.15, -0.1) is 11.8 Å². The second-order valence-electron chi connectivity index (χ2n) is 5.31. The lowest BCUT2D eigenvalue weighted by molar-refractivity contribution is 0.0688. The molecule has 0 atom stereocenters. The monoisotopic (exact) mass is 288 g/mol. The molecule has 0 spiro atoms. The van der Waals surface area contributed by atoms with E-state index in [-0.39, 0.29) is 11.7 Å². The molecule has 0 saturated carbocycles. The average molecular weight is 288 g/mol. The van der Waals surface area contributed by atoms with E-state index in [9.17, 15) is 9.90 Å². The molecule has 0 saturated heterocycles. The Kier molecular flexibility index (Phi) is 3.09. The molecule has 0 unspecified atom stereocenters. The zero-order chi connectivity index (χ0) is 14.4. The molecule has 1 aromatic carbocycles. The van der Waals surface area contributed by atoms with E-state index < -0.39 is 5.97 Å². The Morgan fingerprint density at radius 2 is 2.20 bits per heavy atom. The predicted octanol–water partition coefficient (Wildman–Crippen LogP) is 3.74. The number of nitrogens with zero attached hydrogens (tertiary/aromatic N) is 2. The number of aromatic nitrogens is 2. The van der Waals surface area contributed by atoms with Crippen LogP contribution in [0.2, 0.25) is 0 Å². The predicted molar refractivity (Wildman–Crippen MR) is 79.3 cm³/mol. The summed E-state index contributed by atoms with van der Waals surface area (Å²) in [4.78, 5) is 12.6. The van der Waals surface area contributed by atoms with E-state index in [1.807, 2.05) is 25.5 Å². The summed E-state index contributed by atoms with van der Waals surface area (Å²) in [5, 5.41) is 13.7. The minimum absolute atomic E-state index is 0.133. The Balaban J connectivity index is 2.32. The van der Waals surface area contributed by atoms with Crippen molar-refractivity contribution >= 4 is 17.7 Å². The normalized spacial score (nSPS) is 13.2. The maximum atomic E-state index is 11.4. The van der Waals surface area contributed by atoms with Crippen LogP contribution < -0.4 is 0 Å². The number of benzene rings is 1. The van der Waals surface area contributed by atoms with E-state index in [1.54, 1.807) is 11.8 Å². The molecule has 4 nitrogen and oxygen atoms in total. The molecule has 0 amide bonds. The SMILES string of the molecule is Cc1ccc2c(c1)-c1c(c(C(=O)O)nn1C(C)C)CS2. The topological polar surface area (TPSA) is 55.1 Å². The molecule has 20 heavy (non-hydrogen) atoms. The van der Waals surface area contributed by atoms with Gasteiger partial charge < -0.3 is 5.11 Å². The van der Waals surface area contributed by atoms with E-state index in [1.165, 1.54) is 10.5 Å². The van der Waals surface area contributed by atoms with E-state index in [0.717, 1.165) is 16.8 Å². The molecule has 3 rings (SSSR count). The van der Waals surface area contributed by atoms with Crippen molar-refractivity contribution in [2.45, 2.75) is 37.5 Å². The van der Waals surface area contributed by atoms with Crippen LogP contribution in [0.3, 0.4) is 0 Å². The first kappa shape index (κ1) is 13.2. The molecule has 0 aliphatic carbocycles. The van der Waals surface area contributed by atoms with Crippen LogP contribution in [-0.2, 0) is 5.75 Å². The molecule has 1 N–H and O–H groups in total. The summed E-state index contributed by atoms with van der Waals surface area (Å²) in [7, 11) is 0. The Bertz CT molecular complexity index is 704. The Hall–Kier alpha value is -1.75. The van der Waals surface area contributed by atoms with Crippen LogP contribution in [0.15, 0.2) is 23.1 Å². The second-order valence-corrected chi connectivity index (χ2v) is 6.32. The number of thioether (sulfide) groups is 1. The highest BCUT2D eigenvalue weighted by molar-refractivity contribution is 7.98. The lowest BCUT2D eigenvalue weighted by atomic mass is 10.0. The number of rotatable bonds is 2. The molecule has 1 aromatic heterocycles. The van der Waals surface area contributed by atoms with Gasteiger partial charge in [-0.1, -0.05) is 11.6 Å². The summed E-state index contributed by atoms with van der Waals surface area (Å²) in [6.07, 6.45) is 0. The number of carboxylic acid groups (broad SMARTS) is 1. The van der Waals surface area contributed by atoms with Gasteiger partial charge in [0.1, 0.15) is 0 Å². The fraction of sp³-hybridized carbons (Fsp3) is 0.333. The average Bonchev–Trinajstić information content (AvgIpc) is 2.78. The van der Waals surface area contributed by atoms with E-state index in [0.29, 0.717) is 5.75 Å². The van der Waals surface area contributed by atoms with Gasteiger partial charge in [0.2, 0.25) is 0 Å². The highest BCUT2D eigenvalue weighted by atomic mass is 32.2. The smallest absolute Gasteiger partial charge is 0.356 e. The van der Waals surface area contributed by atoms with Gasteiger partial charge in [0.05, 0.1) is 5.69 Å². The van der Waals surface area contributed by atoms with E-state index in [2.05, 4.69) is 23.3 Å². The van der Waals surface area contributed by atoms with Crippen LogP contribution in [0.4, 0.5) is 0 Å². The van der Waals surface area contributed by atoms with Crippen LogP contribution in [-0.4, -0.2) is 20.9 Å². The lowest BCUT2D eigenvalue weighted by Crippen LogP contribution is -2.07. The van der Waals surface area contributed by atoms with Gasteiger partial charge in [0, 0.05) is 27.8 Å². The molecule has 1 aliphatic heterocycles. The van der Waals surface area contributed by atoms with Crippen molar-refractivity contribution in [1.29, 1.82) is 0 Å². The third-order valence-electron chi connectivity index (χ3n) is 3.46. The Morgan fingerprint density at radius 3 is 2.85 bits per heavy atom. The van der Waals surface area contributed by atoms with E-state index >= 15 is 0 Å². The van der Waals surface area contributed by atoms with Crippen LogP contribution >= 0.6 is 11.8 Å². The summed E-state index contributed by atoms with van der Waals surface area (Å²) >= 11 is 1.68. The first-order valence-electron chi connectivity index (χ1n) is 6.57. The molecular weight excluding hydrogens is 272 g/mol. The van der Waals surface area contributed by atoms with Gasteiger partial charge in [-0.3, -0.25) is 4.68 Å². The largest absolute Gasteiger partial charge is 0.476 e. The number of hydrogen-bond donors (Lipinski definition) is 1. The molecule has 0 fully saturated rings. The molecule has 104 valence electrons. The fourth-order valence-electron chi connectivity index (χ4n) is 2.54. The summed E-state index contributed by atoms with van der Waals surface area (Å²) in [5.74, 6) is -0.280. The van der Waals surface area contributed by atoms with Crippen LogP contribution in [0.5, 0.6) is 0 Å². The summed E-state index contributed by atoms with van der Waals surface area (Å²) in [6, 6.07) is 6.45. The number of carboxylic acids is 1. The van der Waals surface area contributed by atoms with Crippen molar-refractivity contribution in [3.63, 3.8) is 0 Å². The highest BCUT2D eigenvalue weighted by Gasteiger charge is 2.29. The van der Waals surface area contributed by atoms with Crippen molar-refractivity contribution in [3.05, 3.63) is 35.0 Å². The third-order valence-corrected chi connectivity index (χ3v) is 4.56.